The number of nitrogens with zero attached hydrogens (tertiary/aromatic N) is 1. The highest BCUT2D eigenvalue weighted by atomic mass is 16.3. The number of aliphatic hydroxyl groups is 1. The fourth-order valence-electron chi connectivity index (χ4n) is 2.45. The van der Waals surface area contributed by atoms with Crippen molar-refractivity contribution in [3.05, 3.63) is 95.8 Å². The highest BCUT2D eigenvalue weighted by Crippen LogP contribution is 2.29. The summed E-state index contributed by atoms with van der Waals surface area (Å²) in [5.74, 6) is -0.622. The van der Waals surface area contributed by atoms with Gasteiger partial charge in [0.25, 0.3) is 5.91 Å². The summed E-state index contributed by atoms with van der Waals surface area (Å²) in [5, 5.41) is 15.1. The number of carbonyl (C=O) groups is 1. The number of hydrogen-bond acceptors (Lipinski definition) is 3. The molecule has 1 heterocycles. The average molecular weight is 319 g/mol. The van der Waals surface area contributed by atoms with Gasteiger partial charge in [0.15, 0.2) is 5.60 Å². The molecule has 0 unspecified atom stereocenters. The smallest absolute Gasteiger partial charge is 0.281 e. The quantitative estimate of drug-likeness (QED) is 0.499. The second kappa shape index (κ2) is 6.93. The number of aromatic nitrogens is 1. The van der Waals surface area contributed by atoms with E-state index >= 15 is 0 Å². The Hall–Kier alpha value is -3.18. The molecule has 0 saturated carbocycles. The molecule has 0 aliphatic carbocycles. The zero-order chi connectivity index (χ0) is 16.8. The summed E-state index contributed by atoms with van der Waals surface area (Å²) in [6, 6.07) is 21.2. The fraction of sp³-hybridized carbons (Fsp3) is 0.0526. The van der Waals surface area contributed by atoms with E-state index in [0.717, 1.165) is 5.69 Å². The molecule has 2 aromatic carbocycles. The number of carbonyl (C=O) groups excluding carboxylic acids is 1. The largest absolute Gasteiger partial charge is 0.372 e. The molecule has 0 saturated heterocycles. The van der Waals surface area contributed by atoms with Crippen LogP contribution in [0.2, 0.25) is 0 Å². The molecule has 120 valence electrons. The minimum Gasteiger partial charge on any atom is -0.372 e. The summed E-state index contributed by atoms with van der Waals surface area (Å²) in [7, 11) is 0. The van der Waals surface area contributed by atoms with Crippen molar-refractivity contribution in [3.63, 3.8) is 0 Å². The number of amides is 1. The lowest BCUT2D eigenvalue weighted by molar-refractivity contribution is -0.136. The maximum Gasteiger partial charge on any atom is 0.281 e. The Bertz CT molecular complexity index is 773. The van der Waals surface area contributed by atoms with Crippen molar-refractivity contribution in [1.29, 1.82) is 0 Å². The number of H-pyrrole nitrogens is 1. The van der Waals surface area contributed by atoms with Crippen LogP contribution in [0.1, 0.15) is 16.8 Å². The average Bonchev–Trinajstić information content (AvgIpc) is 3.16. The summed E-state index contributed by atoms with van der Waals surface area (Å²) >= 11 is 0. The van der Waals surface area contributed by atoms with E-state index in [1.54, 1.807) is 54.7 Å². The van der Waals surface area contributed by atoms with Crippen LogP contribution in [-0.4, -0.2) is 22.2 Å². The van der Waals surface area contributed by atoms with Crippen molar-refractivity contribution in [2.75, 3.05) is 0 Å². The minimum atomic E-state index is -1.82. The van der Waals surface area contributed by atoms with Crippen molar-refractivity contribution >= 4 is 12.1 Å². The zero-order valence-corrected chi connectivity index (χ0v) is 12.9. The lowest BCUT2D eigenvalue weighted by Crippen LogP contribution is -2.43. The van der Waals surface area contributed by atoms with Crippen LogP contribution in [0.25, 0.3) is 0 Å². The van der Waals surface area contributed by atoms with Crippen molar-refractivity contribution in [2.24, 2.45) is 5.10 Å². The summed E-state index contributed by atoms with van der Waals surface area (Å²) in [6.45, 7) is 0. The van der Waals surface area contributed by atoms with Crippen molar-refractivity contribution in [1.82, 2.24) is 10.4 Å². The number of hydrazone groups is 1. The first-order valence-corrected chi connectivity index (χ1v) is 7.51. The molecule has 0 aliphatic heterocycles. The predicted molar refractivity (Wildman–Crippen MR) is 92.4 cm³/mol. The number of nitrogens with one attached hydrogen (secondary N) is 2. The molecular formula is C19H17N3O2. The molecule has 1 amide bonds. The third kappa shape index (κ3) is 3.11. The Morgan fingerprint density at radius 1 is 0.958 bits per heavy atom. The monoisotopic (exact) mass is 319 g/mol. The van der Waals surface area contributed by atoms with Gasteiger partial charge < -0.3 is 10.1 Å². The van der Waals surface area contributed by atoms with Gasteiger partial charge in [-0.1, -0.05) is 60.7 Å². The van der Waals surface area contributed by atoms with Gasteiger partial charge in [0.05, 0.1) is 11.9 Å². The Kier molecular flexibility index (Phi) is 4.54. The number of hydrogen-bond donors (Lipinski definition) is 3. The van der Waals surface area contributed by atoms with E-state index in [1.165, 1.54) is 6.21 Å². The van der Waals surface area contributed by atoms with E-state index in [9.17, 15) is 9.90 Å². The van der Waals surface area contributed by atoms with Gasteiger partial charge >= 0.3 is 0 Å². The summed E-state index contributed by atoms with van der Waals surface area (Å²) in [6.07, 6.45) is 3.24. The molecule has 3 aromatic rings. The molecule has 5 heteroatoms. The summed E-state index contributed by atoms with van der Waals surface area (Å²) in [4.78, 5) is 15.7. The summed E-state index contributed by atoms with van der Waals surface area (Å²) in [5.41, 5.74) is 2.30. The van der Waals surface area contributed by atoms with Crippen LogP contribution in [0, 0.1) is 0 Å². The SMILES string of the molecule is O=C(NN=Cc1ccc[nH]1)C(O)(c1ccccc1)c1ccccc1. The van der Waals surface area contributed by atoms with E-state index in [4.69, 9.17) is 0 Å². The van der Waals surface area contributed by atoms with Gasteiger partial charge in [-0.05, 0) is 23.3 Å². The maximum atomic E-state index is 12.7. The standard InChI is InChI=1S/C19H17N3O2/c23-18(22-21-14-17-12-7-13-20-17)19(24,15-8-3-1-4-9-15)16-10-5-2-6-11-16/h1-14,20,24H,(H,22,23). The molecule has 0 fully saturated rings. The highest BCUT2D eigenvalue weighted by Gasteiger charge is 2.39. The molecule has 0 bridgehead atoms. The maximum absolute atomic E-state index is 12.7. The van der Waals surface area contributed by atoms with Crippen LogP contribution in [-0.2, 0) is 10.4 Å². The molecule has 0 spiro atoms. The Labute approximate surface area is 139 Å². The van der Waals surface area contributed by atoms with Gasteiger partial charge in [-0.15, -0.1) is 0 Å². The van der Waals surface area contributed by atoms with Crippen LogP contribution in [0.4, 0.5) is 0 Å². The predicted octanol–water partition coefficient (Wildman–Crippen LogP) is 2.40. The molecule has 24 heavy (non-hydrogen) atoms. The van der Waals surface area contributed by atoms with Crippen LogP contribution in [0.5, 0.6) is 0 Å². The minimum absolute atomic E-state index is 0.476. The first-order chi connectivity index (χ1) is 11.7. The van der Waals surface area contributed by atoms with Gasteiger partial charge in [0, 0.05) is 6.20 Å². The van der Waals surface area contributed by atoms with Crippen molar-refractivity contribution in [3.8, 4) is 0 Å². The van der Waals surface area contributed by atoms with Gasteiger partial charge in [0.1, 0.15) is 0 Å². The molecule has 5 nitrogen and oxygen atoms in total. The third-order valence-corrected chi connectivity index (χ3v) is 3.70. The second-order valence-corrected chi connectivity index (χ2v) is 5.27. The van der Waals surface area contributed by atoms with E-state index in [0.29, 0.717) is 11.1 Å². The number of aromatic amines is 1. The van der Waals surface area contributed by atoms with Gasteiger partial charge in [-0.2, -0.15) is 5.10 Å². The van der Waals surface area contributed by atoms with Crippen molar-refractivity contribution in [2.45, 2.75) is 5.60 Å². The van der Waals surface area contributed by atoms with Crippen LogP contribution in [0.15, 0.2) is 84.1 Å². The molecule has 0 radical (unpaired) electrons. The molecular weight excluding hydrogens is 302 g/mol. The molecule has 3 rings (SSSR count). The summed E-state index contributed by atoms with van der Waals surface area (Å²) < 4.78 is 0. The Balaban J connectivity index is 1.91. The van der Waals surface area contributed by atoms with Crippen LogP contribution < -0.4 is 5.43 Å². The van der Waals surface area contributed by atoms with Crippen LogP contribution >= 0.6 is 0 Å². The van der Waals surface area contributed by atoms with Crippen LogP contribution in [0.3, 0.4) is 0 Å². The highest BCUT2D eigenvalue weighted by molar-refractivity contribution is 5.90. The lowest BCUT2D eigenvalue weighted by atomic mass is 9.85. The first-order valence-electron chi connectivity index (χ1n) is 7.51. The van der Waals surface area contributed by atoms with Crippen molar-refractivity contribution < 1.29 is 9.90 Å². The van der Waals surface area contributed by atoms with E-state index in [2.05, 4.69) is 15.5 Å². The second-order valence-electron chi connectivity index (χ2n) is 5.27. The number of benzene rings is 2. The van der Waals surface area contributed by atoms with E-state index in [1.807, 2.05) is 24.3 Å². The number of rotatable bonds is 5. The molecule has 1 aromatic heterocycles. The molecule has 0 aliphatic rings. The van der Waals surface area contributed by atoms with Gasteiger partial charge in [-0.3, -0.25) is 4.79 Å². The third-order valence-electron chi connectivity index (χ3n) is 3.70. The molecule has 3 N–H and O–H groups in total. The van der Waals surface area contributed by atoms with E-state index < -0.39 is 11.5 Å². The zero-order valence-electron chi connectivity index (χ0n) is 12.9. The van der Waals surface area contributed by atoms with Gasteiger partial charge in [0.2, 0.25) is 0 Å². The lowest BCUT2D eigenvalue weighted by Gasteiger charge is -2.26. The van der Waals surface area contributed by atoms with E-state index in [-0.39, 0.29) is 0 Å². The topological polar surface area (TPSA) is 77.5 Å². The Morgan fingerprint density at radius 2 is 1.54 bits per heavy atom. The fourth-order valence-corrected chi connectivity index (χ4v) is 2.45. The first kappa shape index (κ1) is 15.7. The Morgan fingerprint density at radius 3 is 2.04 bits per heavy atom. The normalized spacial score (nSPS) is 11.5. The van der Waals surface area contributed by atoms with Gasteiger partial charge in [-0.25, -0.2) is 5.43 Å². The molecule has 0 atom stereocenters.